The van der Waals surface area contributed by atoms with Crippen molar-refractivity contribution >= 4 is 23.5 Å². The minimum Gasteiger partial charge on any atom is -0.497 e. The Morgan fingerprint density at radius 1 is 1.35 bits per heavy atom. The first-order chi connectivity index (χ1) is 12.6. The highest BCUT2D eigenvalue weighted by atomic mass is 32.2. The molecule has 0 bridgehead atoms. The number of rotatable bonds is 5. The van der Waals surface area contributed by atoms with Gasteiger partial charge in [-0.3, -0.25) is 9.59 Å². The summed E-state index contributed by atoms with van der Waals surface area (Å²) >= 11 is 1.22. The highest BCUT2D eigenvalue weighted by Crippen LogP contribution is 2.39. The highest BCUT2D eigenvalue weighted by Gasteiger charge is 2.32. The van der Waals surface area contributed by atoms with Crippen LogP contribution in [0.25, 0.3) is 0 Å². The van der Waals surface area contributed by atoms with Gasteiger partial charge in [0.15, 0.2) is 5.16 Å². The van der Waals surface area contributed by atoms with Gasteiger partial charge in [-0.1, -0.05) is 23.7 Å². The van der Waals surface area contributed by atoms with Crippen molar-refractivity contribution in [2.24, 2.45) is 0 Å². The number of amides is 1. The topological polar surface area (TPSA) is 93.3 Å². The van der Waals surface area contributed by atoms with Crippen LogP contribution in [0.1, 0.15) is 23.5 Å². The van der Waals surface area contributed by atoms with Gasteiger partial charge in [-0.25, -0.2) is 4.98 Å². The molecular formula is C18H17N3O4S. The third-order valence-electron chi connectivity index (χ3n) is 4.04. The van der Waals surface area contributed by atoms with Crippen molar-refractivity contribution in [1.29, 1.82) is 0 Å². The molecule has 2 aromatic rings. The number of carbonyl (C=O) groups is 1. The second kappa shape index (κ2) is 7.54. The first-order valence-corrected chi connectivity index (χ1v) is 8.78. The summed E-state index contributed by atoms with van der Waals surface area (Å²) in [4.78, 5) is 32.0. The summed E-state index contributed by atoms with van der Waals surface area (Å²) in [5.74, 6) is 3.57. The van der Waals surface area contributed by atoms with Gasteiger partial charge in [0.05, 0.1) is 25.5 Å². The third-order valence-corrected chi connectivity index (χ3v) is 4.82. The van der Waals surface area contributed by atoms with E-state index in [1.807, 2.05) is 0 Å². The van der Waals surface area contributed by atoms with Crippen molar-refractivity contribution in [3.8, 4) is 23.8 Å². The van der Waals surface area contributed by atoms with E-state index in [1.165, 1.54) is 18.9 Å². The van der Waals surface area contributed by atoms with Crippen LogP contribution in [0.4, 0.5) is 5.82 Å². The van der Waals surface area contributed by atoms with E-state index in [1.54, 1.807) is 25.3 Å². The molecule has 1 atom stereocenters. The zero-order valence-electron chi connectivity index (χ0n) is 14.3. The van der Waals surface area contributed by atoms with Crippen molar-refractivity contribution in [2.45, 2.75) is 17.5 Å². The van der Waals surface area contributed by atoms with Crippen molar-refractivity contribution < 1.29 is 14.3 Å². The van der Waals surface area contributed by atoms with E-state index in [2.05, 4.69) is 21.2 Å². The first-order valence-electron chi connectivity index (χ1n) is 7.79. The Hall–Kier alpha value is -2.92. The molecular weight excluding hydrogens is 354 g/mol. The molecule has 7 nitrogen and oxygen atoms in total. The summed E-state index contributed by atoms with van der Waals surface area (Å²) in [5, 5.41) is 3.05. The van der Waals surface area contributed by atoms with Crippen molar-refractivity contribution in [2.75, 3.05) is 25.3 Å². The van der Waals surface area contributed by atoms with Gasteiger partial charge in [0.2, 0.25) is 5.91 Å². The summed E-state index contributed by atoms with van der Waals surface area (Å²) in [6.45, 7) is 0. The predicted molar refractivity (Wildman–Crippen MR) is 99.1 cm³/mol. The van der Waals surface area contributed by atoms with Gasteiger partial charge in [-0.15, -0.1) is 6.42 Å². The van der Waals surface area contributed by atoms with Crippen LogP contribution in [0.15, 0.2) is 28.2 Å². The zero-order chi connectivity index (χ0) is 18.7. The lowest BCUT2D eigenvalue weighted by atomic mass is 9.86. The highest BCUT2D eigenvalue weighted by molar-refractivity contribution is 7.99. The zero-order valence-corrected chi connectivity index (χ0v) is 15.1. The van der Waals surface area contributed by atoms with Gasteiger partial charge in [0.25, 0.3) is 5.56 Å². The monoisotopic (exact) mass is 371 g/mol. The van der Waals surface area contributed by atoms with E-state index < -0.39 is 5.92 Å². The molecule has 1 amide bonds. The molecule has 1 aliphatic rings. The number of hydrogen-bond donors (Lipinski definition) is 2. The van der Waals surface area contributed by atoms with Crippen LogP contribution in [0.5, 0.6) is 11.5 Å². The van der Waals surface area contributed by atoms with Crippen LogP contribution in [0.2, 0.25) is 0 Å². The minimum absolute atomic E-state index is 0.122. The van der Waals surface area contributed by atoms with E-state index in [9.17, 15) is 9.59 Å². The summed E-state index contributed by atoms with van der Waals surface area (Å²) in [7, 11) is 3.09. The van der Waals surface area contributed by atoms with Crippen LogP contribution in [-0.2, 0) is 4.79 Å². The van der Waals surface area contributed by atoms with Crippen molar-refractivity contribution in [3.05, 3.63) is 39.7 Å². The number of ether oxygens (including phenoxy) is 2. The number of anilines is 1. The average Bonchev–Trinajstić information content (AvgIpc) is 2.64. The summed E-state index contributed by atoms with van der Waals surface area (Å²) < 4.78 is 10.6. The van der Waals surface area contributed by atoms with E-state index >= 15 is 0 Å². The second-order valence-corrected chi connectivity index (χ2v) is 6.50. The fourth-order valence-corrected chi connectivity index (χ4v) is 3.44. The fraction of sp³-hybridized carbons (Fsp3) is 0.278. The quantitative estimate of drug-likeness (QED) is 0.474. The smallest absolute Gasteiger partial charge is 0.257 e. The number of aromatic amines is 1. The molecule has 1 aliphatic heterocycles. The lowest BCUT2D eigenvalue weighted by Crippen LogP contribution is -2.31. The maximum atomic E-state index is 12.7. The Morgan fingerprint density at radius 2 is 2.15 bits per heavy atom. The van der Waals surface area contributed by atoms with Crippen LogP contribution in [0, 0.1) is 12.3 Å². The van der Waals surface area contributed by atoms with Crippen LogP contribution < -0.4 is 20.3 Å². The van der Waals surface area contributed by atoms with Crippen LogP contribution in [0.3, 0.4) is 0 Å². The number of hydrogen-bond acceptors (Lipinski definition) is 6. The third kappa shape index (κ3) is 3.39. The molecule has 0 unspecified atom stereocenters. The van der Waals surface area contributed by atoms with Crippen molar-refractivity contribution in [1.82, 2.24) is 9.97 Å². The Bertz CT molecular complexity index is 948. The Labute approximate surface area is 154 Å². The van der Waals surface area contributed by atoms with E-state index in [0.717, 1.165) is 5.56 Å². The van der Waals surface area contributed by atoms with E-state index in [4.69, 9.17) is 15.9 Å². The number of carbonyl (C=O) groups excluding carboxylic acids is 1. The van der Waals surface area contributed by atoms with Gasteiger partial charge in [0, 0.05) is 24.0 Å². The van der Waals surface area contributed by atoms with E-state index in [0.29, 0.717) is 28.0 Å². The number of methoxy groups -OCH3 is 2. The fourth-order valence-electron chi connectivity index (χ4n) is 2.90. The molecule has 0 spiro atoms. The van der Waals surface area contributed by atoms with Crippen LogP contribution in [-0.4, -0.2) is 35.8 Å². The summed E-state index contributed by atoms with van der Waals surface area (Å²) in [5.41, 5.74) is 0.816. The number of nitrogens with zero attached hydrogens (tertiary/aromatic N) is 1. The maximum Gasteiger partial charge on any atom is 0.257 e. The van der Waals surface area contributed by atoms with E-state index in [-0.39, 0.29) is 23.7 Å². The molecule has 2 N–H and O–H groups in total. The number of aromatic nitrogens is 2. The van der Waals surface area contributed by atoms with Crippen LogP contribution >= 0.6 is 11.8 Å². The molecule has 0 saturated heterocycles. The standard InChI is InChI=1S/C18H17N3O4S/c1-4-7-26-18-20-16-15(17(23)21-18)12(9-14(22)19-16)11-6-5-10(24-2)8-13(11)25-3/h1,5-6,8,12H,7,9H2,2-3H3,(H2,19,20,21,22,23)/t12-/m0/s1. The molecule has 2 heterocycles. The largest absolute Gasteiger partial charge is 0.497 e. The number of fused-ring (bicyclic) bond motifs is 1. The molecule has 134 valence electrons. The molecule has 8 heteroatoms. The predicted octanol–water partition coefficient (Wildman–Crippen LogP) is 1.99. The summed E-state index contributed by atoms with van der Waals surface area (Å²) in [6, 6.07) is 5.29. The molecule has 0 fully saturated rings. The van der Waals surface area contributed by atoms with Gasteiger partial charge in [0.1, 0.15) is 17.3 Å². The van der Waals surface area contributed by atoms with Gasteiger partial charge in [-0.05, 0) is 6.07 Å². The second-order valence-electron chi connectivity index (χ2n) is 5.54. The molecule has 1 aromatic carbocycles. The minimum atomic E-state index is -0.470. The average molecular weight is 371 g/mol. The maximum absolute atomic E-state index is 12.7. The van der Waals surface area contributed by atoms with Gasteiger partial charge >= 0.3 is 0 Å². The molecule has 26 heavy (non-hydrogen) atoms. The van der Waals surface area contributed by atoms with Gasteiger partial charge < -0.3 is 19.8 Å². The number of thioether (sulfide) groups is 1. The molecule has 0 radical (unpaired) electrons. The molecule has 0 saturated carbocycles. The van der Waals surface area contributed by atoms with Gasteiger partial charge in [-0.2, -0.15) is 0 Å². The number of benzene rings is 1. The number of H-pyrrole nitrogens is 1. The number of terminal acetylenes is 1. The lowest BCUT2D eigenvalue weighted by molar-refractivity contribution is -0.116. The normalized spacial score (nSPS) is 15.6. The molecule has 3 rings (SSSR count). The molecule has 0 aliphatic carbocycles. The Kier molecular flexibility index (Phi) is 5.19. The Morgan fingerprint density at radius 3 is 2.85 bits per heavy atom. The summed E-state index contributed by atoms with van der Waals surface area (Å²) in [6.07, 6.45) is 5.37. The SMILES string of the molecule is C#CCSc1nc2c(c(=O)[nH]1)[C@H](c1ccc(OC)cc1OC)CC(=O)N2. The Balaban J connectivity index is 2.11. The molecule has 1 aromatic heterocycles. The first kappa shape index (κ1) is 17.9. The van der Waals surface area contributed by atoms with Crippen molar-refractivity contribution in [3.63, 3.8) is 0 Å². The number of nitrogens with one attached hydrogen (secondary N) is 2. The lowest BCUT2D eigenvalue weighted by Gasteiger charge is -2.25.